The third-order valence-electron chi connectivity index (χ3n) is 11.6. The number of nitrogens with one attached hydrogen (secondary N) is 1. The Morgan fingerprint density at radius 2 is 0.826 bits per heavy atom. The van der Waals surface area contributed by atoms with Crippen LogP contribution in [0.3, 0.4) is 0 Å². The Labute approximate surface area is 284 Å². The molecule has 1 N–H and O–H groups in total. The number of unbranched alkanes of at least 4 members (excludes halogenated alkanes) is 1. The summed E-state index contributed by atoms with van der Waals surface area (Å²) in [6.07, 6.45) is 26.5. The van der Waals surface area contributed by atoms with Gasteiger partial charge in [-0.25, -0.2) is 19.0 Å². The molecule has 11 heteroatoms. The molecule has 0 aromatic carbocycles. The van der Waals surface area contributed by atoms with Crippen LogP contribution in [-0.2, 0) is 0 Å². The van der Waals surface area contributed by atoms with Crippen molar-refractivity contribution in [1.29, 1.82) is 0 Å². The zero-order chi connectivity index (χ0) is 31.5. The van der Waals surface area contributed by atoms with Crippen molar-refractivity contribution in [3.05, 3.63) is 0 Å². The standard InChI is InChI=1S/C35H70N9P2/c1-2-3-22-36-35(37-45(39-23-10-4-11-24-39,40-25-12-5-13-26-40)41-27-14-6-15-28-41)38-46(42-29-16-7-17-30-42,43-31-18-8-19-32-43)44-33-20-9-21-34-44/h2-34H2,1H3,(H,36,37)/q+1. The lowest BCUT2D eigenvalue weighted by Crippen LogP contribution is -2.56. The fourth-order valence-corrected chi connectivity index (χ4v) is 17.8. The number of hydrogen-bond acceptors (Lipinski definition) is 4. The minimum absolute atomic E-state index is 0.891. The fourth-order valence-electron chi connectivity index (χ4n) is 9.07. The molecule has 6 fully saturated rings. The Balaban J connectivity index is 1.50. The first-order chi connectivity index (χ1) is 22.8. The van der Waals surface area contributed by atoms with E-state index in [4.69, 9.17) is 9.74 Å². The zero-order valence-electron chi connectivity index (χ0n) is 29.8. The Bertz CT molecular complexity index is 875. The van der Waals surface area contributed by atoms with E-state index >= 15 is 0 Å². The summed E-state index contributed by atoms with van der Waals surface area (Å²) >= 11 is 0. The average molecular weight is 679 g/mol. The van der Waals surface area contributed by atoms with Gasteiger partial charge in [0.25, 0.3) is 5.96 Å². The first-order valence-electron chi connectivity index (χ1n) is 20.1. The number of aliphatic imine (C=N–C) groups is 1. The molecule has 0 atom stereocenters. The second-order valence-electron chi connectivity index (χ2n) is 15.0. The number of hydrogen-bond donors (Lipinski definition) is 1. The highest BCUT2D eigenvalue weighted by molar-refractivity contribution is 7.68. The quantitative estimate of drug-likeness (QED) is 0.108. The van der Waals surface area contributed by atoms with E-state index in [-0.39, 0.29) is 0 Å². The summed E-state index contributed by atoms with van der Waals surface area (Å²) in [6, 6.07) is 0. The van der Waals surface area contributed by atoms with E-state index in [9.17, 15) is 0 Å². The third-order valence-corrected chi connectivity index (χ3v) is 19.6. The van der Waals surface area contributed by atoms with Crippen LogP contribution in [0.5, 0.6) is 0 Å². The monoisotopic (exact) mass is 679 g/mol. The minimum atomic E-state index is -2.14. The van der Waals surface area contributed by atoms with Gasteiger partial charge >= 0.3 is 7.87 Å². The highest BCUT2D eigenvalue weighted by Crippen LogP contribution is 2.67. The first-order valence-corrected chi connectivity index (χ1v) is 23.4. The minimum Gasteiger partial charge on any atom is -0.249 e. The topological polar surface area (TPSA) is 56.2 Å². The molecule has 0 aromatic rings. The molecule has 0 unspecified atom stereocenters. The second kappa shape index (κ2) is 18.2. The molecule has 6 rings (SSSR count). The molecule has 0 radical (unpaired) electrons. The van der Waals surface area contributed by atoms with Crippen molar-refractivity contribution in [2.24, 2.45) is 9.74 Å². The van der Waals surface area contributed by atoms with E-state index < -0.39 is 15.4 Å². The number of piperidine rings is 6. The predicted molar refractivity (Wildman–Crippen MR) is 199 cm³/mol. The van der Waals surface area contributed by atoms with E-state index in [2.05, 4.69) is 40.0 Å². The van der Waals surface area contributed by atoms with Gasteiger partial charge in [0.05, 0.1) is 0 Å². The lowest BCUT2D eigenvalue weighted by atomic mass is 10.2. The van der Waals surface area contributed by atoms with E-state index in [1.54, 1.807) is 0 Å². The summed E-state index contributed by atoms with van der Waals surface area (Å²) < 4.78 is 24.0. The highest BCUT2D eigenvalue weighted by Gasteiger charge is 2.59. The Kier molecular flexibility index (Phi) is 14.1. The van der Waals surface area contributed by atoms with E-state index in [0.29, 0.717) is 0 Å². The van der Waals surface area contributed by atoms with E-state index in [1.165, 1.54) is 201 Å². The summed E-state index contributed by atoms with van der Waals surface area (Å²) in [6.45, 7) is 17.8. The molecule has 6 saturated heterocycles. The molecule has 0 bridgehead atoms. The van der Waals surface area contributed by atoms with Gasteiger partial charge in [-0.1, -0.05) is 51.9 Å². The average Bonchev–Trinajstić information content (AvgIpc) is 3.15. The SMILES string of the molecule is CCCCN=C(N=P(N1CCCCC1)(N1CCCCC1)N1CCCCC1)N[P+](N1CCCCC1)(N1CCCCC1)N1CCCCC1. The van der Waals surface area contributed by atoms with E-state index in [0.717, 1.165) is 18.9 Å². The van der Waals surface area contributed by atoms with Crippen LogP contribution in [0.1, 0.15) is 135 Å². The first kappa shape index (κ1) is 35.7. The number of guanidine groups is 1. The molecule has 6 aliphatic heterocycles. The number of rotatable bonds is 10. The van der Waals surface area contributed by atoms with Crippen molar-refractivity contribution in [2.75, 3.05) is 85.1 Å². The van der Waals surface area contributed by atoms with E-state index in [1.807, 2.05) is 0 Å². The van der Waals surface area contributed by atoms with Crippen molar-refractivity contribution in [3.63, 3.8) is 0 Å². The van der Waals surface area contributed by atoms with Gasteiger partial charge in [-0.3, -0.25) is 0 Å². The van der Waals surface area contributed by atoms with Crippen LogP contribution in [0.2, 0.25) is 0 Å². The smallest absolute Gasteiger partial charge is 0.249 e. The molecule has 9 nitrogen and oxygen atoms in total. The van der Waals surface area contributed by atoms with Crippen molar-refractivity contribution in [3.8, 4) is 0 Å². The maximum Gasteiger partial charge on any atom is 0.332 e. The van der Waals surface area contributed by atoms with Crippen molar-refractivity contribution in [2.45, 2.75) is 135 Å². The Morgan fingerprint density at radius 1 is 0.500 bits per heavy atom. The van der Waals surface area contributed by atoms with Crippen molar-refractivity contribution >= 4 is 21.3 Å². The van der Waals surface area contributed by atoms with Crippen LogP contribution in [0.15, 0.2) is 9.74 Å². The fraction of sp³-hybridized carbons (Fsp3) is 0.971. The third kappa shape index (κ3) is 8.26. The molecule has 264 valence electrons. The van der Waals surface area contributed by atoms with Crippen LogP contribution < -0.4 is 5.09 Å². The highest BCUT2D eigenvalue weighted by atomic mass is 31.2. The van der Waals surface area contributed by atoms with Crippen LogP contribution >= 0.6 is 15.4 Å². The van der Waals surface area contributed by atoms with Crippen LogP contribution in [0.4, 0.5) is 0 Å². The molecule has 0 amide bonds. The molecular formula is C35H70N9P2+. The lowest BCUT2D eigenvalue weighted by molar-refractivity contribution is 0.235. The Hall–Kier alpha value is -0.110. The van der Waals surface area contributed by atoms with Gasteiger partial charge in [0.15, 0.2) is 7.51 Å². The van der Waals surface area contributed by atoms with Gasteiger partial charge in [0.1, 0.15) is 0 Å². The lowest BCUT2D eigenvalue weighted by Gasteiger charge is -2.53. The van der Waals surface area contributed by atoms with Gasteiger partial charge in [0.2, 0.25) is 0 Å². The van der Waals surface area contributed by atoms with Crippen molar-refractivity contribution in [1.82, 2.24) is 33.1 Å². The maximum atomic E-state index is 6.30. The van der Waals surface area contributed by atoms with Gasteiger partial charge in [-0.2, -0.15) is 9.83 Å². The van der Waals surface area contributed by atoms with Crippen LogP contribution in [0, 0.1) is 0 Å². The van der Waals surface area contributed by atoms with Gasteiger partial charge in [-0.15, -0.1) is 14.0 Å². The predicted octanol–water partition coefficient (Wildman–Crippen LogP) is 8.27. The second-order valence-corrected chi connectivity index (χ2v) is 21.0. The molecule has 0 saturated carbocycles. The Morgan fingerprint density at radius 3 is 1.15 bits per heavy atom. The summed E-state index contributed by atoms with van der Waals surface area (Å²) in [5, 5.41) is 4.53. The summed E-state index contributed by atoms with van der Waals surface area (Å²) in [7, 11) is -4.19. The van der Waals surface area contributed by atoms with Crippen molar-refractivity contribution < 1.29 is 0 Å². The maximum absolute atomic E-state index is 6.30. The molecule has 0 aliphatic carbocycles. The largest absolute Gasteiger partial charge is 0.332 e. The molecule has 46 heavy (non-hydrogen) atoms. The molecule has 6 heterocycles. The summed E-state index contributed by atoms with van der Waals surface area (Å²) in [4.78, 5) is 5.59. The summed E-state index contributed by atoms with van der Waals surface area (Å²) in [5.41, 5.74) is 0. The molecule has 6 aliphatic rings. The normalized spacial score (nSPS) is 27.1. The van der Waals surface area contributed by atoms with Crippen LogP contribution in [0.25, 0.3) is 0 Å². The van der Waals surface area contributed by atoms with Gasteiger partial charge in [0, 0.05) is 85.1 Å². The van der Waals surface area contributed by atoms with Gasteiger partial charge < -0.3 is 0 Å². The molecule has 0 aromatic heterocycles. The van der Waals surface area contributed by atoms with Gasteiger partial charge in [-0.05, 0) is 83.5 Å². The summed E-state index contributed by atoms with van der Waals surface area (Å²) in [5.74, 6) is 1.04. The zero-order valence-corrected chi connectivity index (χ0v) is 31.6. The molecular weight excluding hydrogens is 608 g/mol. The number of nitrogens with zero attached hydrogens (tertiary/aromatic N) is 8. The van der Waals surface area contributed by atoms with Crippen LogP contribution in [-0.4, -0.2) is 119 Å². The molecule has 0 spiro atoms.